The van der Waals surface area contributed by atoms with Crippen molar-refractivity contribution in [1.29, 1.82) is 0 Å². The summed E-state index contributed by atoms with van der Waals surface area (Å²) in [4.78, 5) is 31.6. The van der Waals surface area contributed by atoms with E-state index in [0.29, 0.717) is 6.54 Å². The fourth-order valence-corrected chi connectivity index (χ4v) is 4.28. The molecule has 2 heterocycles. The third kappa shape index (κ3) is 4.20. The summed E-state index contributed by atoms with van der Waals surface area (Å²) in [5.74, 6) is -0.396. The normalized spacial score (nSPS) is 13.5. The zero-order valence-corrected chi connectivity index (χ0v) is 19.2. The van der Waals surface area contributed by atoms with Crippen molar-refractivity contribution in [3.8, 4) is 11.1 Å². The maximum Gasteiger partial charge on any atom is 0.258 e. The molecule has 5 rings (SSSR count). The zero-order valence-electron chi connectivity index (χ0n) is 19.2. The smallest absolute Gasteiger partial charge is 0.258 e. The van der Waals surface area contributed by atoms with Crippen LogP contribution in [0.2, 0.25) is 0 Å². The number of rotatable bonds is 5. The van der Waals surface area contributed by atoms with Crippen LogP contribution in [0.3, 0.4) is 0 Å². The Morgan fingerprint density at radius 1 is 0.941 bits per heavy atom. The highest BCUT2D eigenvalue weighted by molar-refractivity contribution is 6.10. The largest absolute Gasteiger partial charge is 0.326 e. The number of fused-ring (bicyclic) bond motifs is 1. The average Bonchev–Trinajstić information content (AvgIpc) is 3.20. The lowest BCUT2D eigenvalue weighted by molar-refractivity contribution is -0.117. The van der Waals surface area contributed by atoms with Crippen LogP contribution in [0.25, 0.3) is 11.1 Å². The SMILES string of the molecule is Cc1cc(-c2ccc(NC(=O)C(C)c3ccc(N4Cc5ccccc5C4=O)cc3)cc2)ccn1. The Morgan fingerprint density at radius 2 is 1.68 bits per heavy atom. The van der Waals surface area contributed by atoms with Crippen molar-refractivity contribution in [3.05, 3.63) is 114 Å². The van der Waals surface area contributed by atoms with Gasteiger partial charge in [0.25, 0.3) is 5.91 Å². The number of benzene rings is 3. The number of amides is 2. The van der Waals surface area contributed by atoms with Crippen LogP contribution >= 0.6 is 0 Å². The molecule has 0 saturated carbocycles. The molecule has 0 aliphatic carbocycles. The van der Waals surface area contributed by atoms with Crippen molar-refractivity contribution in [2.24, 2.45) is 0 Å². The first-order valence-electron chi connectivity index (χ1n) is 11.3. The van der Waals surface area contributed by atoms with Crippen molar-refractivity contribution in [1.82, 2.24) is 4.98 Å². The lowest BCUT2D eigenvalue weighted by Crippen LogP contribution is -2.23. The van der Waals surface area contributed by atoms with E-state index in [1.165, 1.54) is 0 Å². The Kier molecular flexibility index (Phi) is 5.68. The summed E-state index contributed by atoms with van der Waals surface area (Å²) in [6, 6.07) is 27.2. The van der Waals surface area contributed by atoms with Crippen LogP contribution in [0, 0.1) is 6.92 Å². The Morgan fingerprint density at radius 3 is 2.38 bits per heavy atom. The number of hydrogen-bond donors (Lipinski definition) is 1. The molecule has 5 heteroatoms. The second kappa shape index (κ2) is 8.94. The number of hydrogen-bond acceptors (Lipinski definition) is 3. The second-order valence-electron chi connectivity index (χ2n) is 8.61. The molecular formula is C29H25N3O2. The quantitative estimate of drug-likeness (QED) is 0.411. The Balaban J connectivity index is 1.25. The van der Waals surface area contributed by atoms with Gasteiger partial charge in [0.05, 0.1) is 12.5 Å². The number of nitrogens with one attached hydrogen (secondary N) is 1. The number of carbonyl (C=O) groups is 2. The number of anilines is 2. The van der Waals surface area contributed by atoms with Crippen molar-refractivity contribution < 1.29 is 9.59 Å². The van der Waals surface area contributed by atoms with E-state index in [4.69, 9.17) is 0 Å². The summed E-state index contributed by atoms with van der Waals surface area (Å²) in [7, 11) is 0. The molecule has 1 aromatic heterocycles. The van der Waals surface area contributed by atoms with Gasteiger partial charge in [0.1, 0.15) is 0 Å². The van der Waals surface area contributed by atoms with E-state index in [2.05, 4.69) is 10.3 Å². The Labute approximate surface area is 199 Å². The Bertz CT molecular complexity index is 1360. The van der Waals surface area contributed by atoms with Crippen molar-refractivity contribution in [3.63, 3.8) is 0 Å². The van der Waals surface area contributed by atoms with Crippen LogP contribution in [0.5, 0.6) is 0 Å². The first-order valence-corrected chi connectivity index (χ1v) is 11.3. The maximum absolute atomic E-state index is 12.9. The first kappa shape index (κ1) is 21.6. The molecule has 2 amide bonds. The molecule has 4 aromatic rings. The van der Waals surface area contributed by atoms with Gasteiger partial charge in [0, 0.05) is 28.8 Å². The number of aromatic nitrogens is 1. The van der Waals surface area contributed by atoms with E-state index in [1.807, 2.05) is 98.8 Å². The summed E-state index contributed by atoms with van der Waals surface area (Å²) >= 11 is 0. The predicted octanol–water partition coefficient (Wildman–Crippen LogP) is 5.96. The minimum absolute atomic E-state index is 0.0134. The van der Waals surface area contributed by atoms with Gasteiger partial charge < -0.3 is 10.2 Å². The highest BCUT2D eigenvalue weighted by Crippen LogP contribution is 2.30. The average molecular weight is 448 g/mol. The van der Waals surface area contributed by atoms with Gasteiger partial charge in [0.2, 0.25) is 5.91 Å². The standard InChI is InChI=1S/C29H25N3O2/c1-19-17-23(15-16-30-19)22-7-11-25(12-8-22)31-28(33)20(2)21-9-13-26(14-10-21)32-18-24-5-3-4-6-27(24)29(32)34/h3-17,20H,18H2,1-2H3,(H,31,33). The molecule has 34 heavy (non-hydrogen) atoms. The number of nitrogens with zero attached hydrogens (tertiary/aromatic N) is 2. The Hall–Kier alpha value is -4.25. The third-order valence-corrected chi connectivity index (χ3v) is 6.30. The van der Waals surface area contributed by atoms with E-state index in [-0.39, 0.29) is 17.7 Å². The molecule has 0 saturated heterocycles. The van der Waals surface area contributed by atoms with E-state index in [0.717, 1.165) is 44.9 Å². The van der Waals surface area contributed by atoms with E-state index >= 15 is 0 Å². The first-order chi connectivity index (χ1) is 16.5. The third-order valence-electron chi connectivity index (χ3n) is 6.30. The fourth-order valence-electron chi connectivity index (χ4n) is 4.28. The van der Waals surface area contributed by atoms with Gasteiger partial charge in [-0.15, -0.1) is 0 Å². The summed E-state index contributed by atoms with van der Waals surface area (Å²) in [5, 5.41) is 3.00. The van der Waals surface area contributed by atoms with E-state index in [1.54, 1.807) is 11.1 Å². The minimum atomic E-state index is -0.331. The molecule has 0 bridgehead atoms. The van der Waals surface area contributed by atoms with Crippen molar-refractivity contribution in [2.45, 2.75) is 26.3 Å². The van der Waals surface area contributed by atoms with Crippen LogP contribution in [0.4, 0.5) is 11.4 Å². The van der Waals surface area contributed by atoms with Gasteiger partial charge in [-0.05, 0) is 78.6 Å². The highest BCUT2D eigenvalue weighted by Gasteiger charge is 2.28. The molecule has 168 valence electrons. The van der Waals surface area contributed by atoms with Crippen molar-refractivity contribution >= 4 is 23.2 Å². The van der Waals surface area contributed by atoms with Gasteiger partial charge >= 0.3 is 0 Å². The van der Waals surface area contributed by atoms with E-state index in [9.17, 15) is 9.59 Å². The molecule has 0 fully saturated rings. The van der Waals surface area contributed by atoms with Crippen molar-refractivity contribution in [2.75, 3.05) is 10.2 Å². The molecular weight excluding hydrogens is 422 g/mol. The van der Waals surface area contributed by atoms with Crippen LogP contribution in [0.1, 0.15) is 40.0 Å². The molecule has 0 radical (unpaired) electrons. The summed E-state index contributed by atoms with van der Waals surface area (Å²) in [6.45, 7) is 4.42. The number of pyridine rings is 1. The second-order valence-corrected chi connectivity index (χ2v) is 8.61. The molecule has 1 aliphatic rings. The molecule has 1 atom stereocenters. The monoisotopic (exact) mass is 447 g/mol. The fraction of sp³-hybridized carbons (Fsp3) is 0.138. The number of carbonyl (C=O) groups excluding carboxylic acids is 2. The lowest BCUT2D eigenvalue weighted by Gasteiger charge is -2.18. The van der Waals surface area contributed by atoms with Crippen LogP contribution < -0.4 is 10.2 Å². The topological polar surface area (TPSA) is 62.3 Å². The van der Waals surface area contributed by atoms with Crippen LogP contribution in [-0.4, -0.2) is 16.8 Å². The summed E-state index contributed by atoms with van der Waals surface area (Å²) < 4.78 is 0. The van der Waals surface area contributed by atoms with E-state index < -0.39 is 0 Å². The predicted molar refractivity (Wildman–Crippen MR) is 135 cm³/mol. The molecule has 1 N–H and O–H groups in total. The molecule has 3 aromatic carbocycles. The number of aryl methyl sites for hydroxylation is 1. The molecule has 1 aliphatic heterocycles. The van der Waals surface area contributed by atoms with Crippen LogP contribution in [-0.2, 0) is 11.3 Å². The van der Waals surface area contributed by atoms with Crippen LogP contribution in [0.15, 0.2) is 91.1 Å². The van der Waals surface area contributed by atoms with Gasteiger partial charge in [-0.25, -0.2) is 0 Å². The van der Waals surface area contributed by atoms with Gasteiger partial charge in [-0.3, -0.25) is 14.6 Å². The molecule has 1 unspecified atom stereocenters. The van der Waals surface area contributed by atoms with Gasteiger partial charge in [-0.1, -0.05) is 42.5 Å². The molecule has 0 spiro atoms. The minimum Gasteiger partial charge on any atom is -0.326 e. The summed E-state index contributed by atoms with van der Waals surface area (Å²) in [6.07, 6.45) is 1.80. The maximum atomic E-state index is 12.9. The summed E-state index contributed by atoms with van der Waals surface area (Å²) in [5.41, 5.74) is 7.41. The molecule has 5 nitrogen and oxygen atoms in total. The van der Waals surface area contributed by atoms with Gasteiger partial charge in [0.15, 0.2) is 0 Å². The zero-order chi connectivity index (χ0) is 23.7. The van der Waals surface area contributed by atoms with Gasteiger partial charge in [-0.2, -0.15) is 0 Å². The highest BCUT2D eigenvalue weighted by atomic mass is 16.2. The lowest BCUT2D eigenvalue weighted by atomic mass is 9.99.